The van der Waals surface area contributed by atoms with Crippen LogP contribution in [0.1, 0.15) is 15.4 Å². The molecular formula is C23H14ClF3N2O5S. The van der Waals surface area contributed by atoms with Gasteiger partial charge in [0, 0.05) is 22.2 Å². The second-order valence-electron chi connectivity index (χ2n) is 7.08. The summed E-state index contributed by atoms with van der Waals surface area (Å²) in [4.78, 5) is 27.5. The van der Waals surface area contributed by atoms with Crippen molar-refractivity contribution < 1.29 is 37.0 Å². The number of thiazole rings is 1. The number of hydrogen-bond donors (Lipinski definition) is 2. The van der Waals surface area contributed by atoms with E-state index in [0.717, 1.165) is 12.1 Å². The number of alkyl halides is 3. The van der Waals surface area contributed by atoms with E-state index in [1.165, 1.54) is 29.5 Å². The van der Waals surface area contributed by atoms with Gasteiger partial charge < -0.3 is 19.6 Å². The van der Waals surface area contributed by atoms with Crippen LogP contribution in [-0.4, -0.2) is 28.3 Å². The third-order valence-electron chi connectivity index (χ3n) is 4.56. The van der Waals surface area contributed by atoms with E-state index in [9.17, 15) is 22.8 Å². The van der Waals surface area contributed by atoms with Gasteiger partial charge in [-0.1, -0.05) is 11.6 Å². The Morgan fingerprint density at radius 3 is 2.46 bits per heavy atom. The monoisotopic (exact) mass is 522 g/mol. The van der Waals surface area contributed by atoms with Gasteiger partial charge in [-0.3, -0.25) is 9.59 Å². The Kier molecular flexibility index (Phi) is 6.81. The molecule has 12 heteroatoms. The highest BCUT2D eigenvalue weighted by molar-refractivity contribution is 7.10. The third kappa shape index (κ3) is 6.19. The smallest absolute Gasteiger partial charge is 0.481 e. The van der Waals surface area contributed by atoms with Crippen molar-refractivity contribution in [1.29, 1.82) is 0 Å². The summed E-state index contributed by atoms with van der Waals surface area (Å²) >= 11 is 7.59. The maximum absolute atomic E-state index is 12.4. The molecule has 2 aromatic carbocycles. The first-order valence-corrected chi connectivity index (χ1v) is 11.1. The van der Waals surface area contributed by atoms with Gasteiger partial charge in [0.1, 0.15) is 22.2 Å². The maximum Gasteiger partial charge on any atom is 0.573 e. The van der Waals surface area contributed by atoms with Crippen LogP contribution in [0.5, 0.6) is 5.75 Å². The summed E-state index contributed by atoms with van der Waals surface area (Å²) in [7, 11) is 0. The summed E-state index contributed by atoms with van der Waals surface area (Å²) < 4.78 is 46.4. The fourth-order valence-electron chi connectivity index (χ4n) is 3.06. The average Bonchev–Trinajstić information content (AvgIpc) is 3.42. The Bertz CT molecular complexity index is 1380. The molecule has 0 spiro atoms. The molecule has 180 valence electrons. The van der Waals surface area contributed by atoms with E-state index in [-0.39, 0.29) is 17.0 Å². The molecule has 4 rings (SSSR count). The molecule has 0 aliphatic carbocycles. The van der Waals surface area contributed by atoms with Crippen molar-refractivity contribution >= 4 is 40.5 Å². The molecule has 0 saturated carbocycles. The van der Waals surface area contributed by atoms with Crippen molar-refractivity contribution in [1.82, 2.24) is 4.98 Å². The number of furan rings is 1. The van der Waals surface area contributed by atoms with E-state index in [1.54, 1.807) is 29.6 Å². The number of rotatable bonds is 7. The van der Waals surface area contributed by atoms with Crippen molar-refractivity contribution in [3.05, 3.63) is 75.6 Å². The maximum atomic E-state index is 12.4. The number of nitrogens with one attached hydrogen (secondary N) is 1. The molecule has 0 atom stereocenters. The Balaban J connectivity index is 1.45. The molecule has 2 heterocycles. The Hall–Kier alpha value is -3.83. The summed E-state index contributed by atoms with van der Waals surface area (Å²) in [6.07, 6.45) is -5.00. The number of nitrogens with zero attached hydrogens (tertiary/aromatic N) is 1. The molecular weight excluding hydrogens is 509 g/mol. The highest BCUT2D eigenvalue weighted by Crippen LogP contribution is 2.34. The van der Waals surface area contributed by atoms with Gasteiger partial charge in [0.2, 0.25) is 0 Å². The van der Waals surface area contributed by atoms with Gasteiger partial charge in [-0.25, -0.2) is 4.98 Å². The first-order valence-electron chi connectivity index (χ1n) is 9.81. The fourth-order valence-corrected chi connectivity index (χ4v) is 4.11. The highest BCUT2D eigenvalue weighted by atomic mass is 35.5. The van der Waals surface area contributed by atoms with E-state index in [4.69, 9.17) is 21.1 Å². The second kappa shape index (κ2) is 9.80. The standard InChI is InChI=1S/C23H14ClF3N2O5S/c24-16-9-13(28-22(32)12-1-4-14(5-2-12)34-23(25,26)27)3-6-15(16)18-7-8-19(33-18)17-11-35-20(29-17)10-21(30)31/h1-9,11H,10H2,(H,28,32)(H,30,31). The SMILES string of the molecule is O=C(O)Cc1nc(-c2ccc(-c3ccc(NC(=O)c4ccc(OC(F)(F)F)cc4)cc3Cl)o2)cs1. The molecule has 0 aliphatic rings. The zero-order valence-corrected chi connectivity index (χ0v) is 19.0. The number of ether oxygens (including phenoxy) is 1. The van der Waals surface area contributed by atoms with Gasteiger partial charge in [-0.05, 0) is 54.6 Å². The van der Waals surface area contributed by atoms with Crippen molar-refractivity contribution in [2.75, 3.05) is 5.32 Å². The van der Waals surface area contributed by atoms with Gasteiger partial charge in [0.25, 0.3) is 5.91 Å². The topological polar surface area (TPSA) is 102 Å². The van der Waals surface area contributed by atoms with E-state index in [2.05, 4.69) is 15.0 Å². The second-order valence-corrected chi connectivity index (χ2v) is 8.43. The molecule has 0 bridgehead atoms. The lowest BCUT2D eigenvalue weighted by atomic mass is 10.1. The van der Waals surface area contributed by atoms with Crippen LogP contribution in [0.4, 0.5) is 18.9 Å². The van der Waals surface area contributed by atoms with Gasteiger partial charge >= 0.3 is 12.3 Å². The molecule has 7 nitrogen and oxygen atoms in total. The van der Waals surface area contributed by atoms with Crippen LogP contribution in [0.3, 0.4) is 0 Å². The van der Waals surface area contributed by atoms with Crippen molar-refractivity contribution in [3.63, 3.8) is 0 Å². The van der Waals surface area contributed by atoms with Gasteiger partial charge in [-0.2, -0.15) is 0 Å². The van der Waals surface area contributed by atoms with Crippen molar-refractivity contribution in [3.8, 4) is 28.5 Å². The molecule has 0 aliphatic heterocycles. The minimum absolute atomic E-state index is 0.126. The first kappa shape index (κ1) is 24.3. The number of aromatic nitrogens is 1. The normalized spacial score (nSPS) is 11.3. The van der Waals surface area contributed by atoms with Gasteiger partial charge in [0.15, 0.2) is 5.76 Å². The quantitative estimate of drug-likeness (QED) is 0.287. The van der Waals surface area contributed by atoms with E-state index in [1.807, 2.05) is 0 Å². The van der Waals surface area contributed by atoms with Crippen LogP contribution in [0.25, 0.3) is 22.8 Å². The van der Waals surface area contributed by atoms with Crippen LogP contribution < -0.4 is 10.1 Å². The molecule has 0 saturated heterocycles. The number of carboxylic acids is 1. The number of amides is 1. The minimum Gasteiger partial charge on any atom is -0.481 e. The molecule has 1 amide bonds. The molecule has 35 heavy (non-hydrogen) atoms. The summed E-state index contributed by atoms with van der Waals surface area (Å²) in [5.41, 5.74) is 1.54. The molecule has 0 fully saturated rings. The number of carbonyl (C=O) groups is 2. The van der Waals surface area contributed by atoms with Crippen LogP contribution in [-0.2, 0) is 11.2 Å². The molecule has 2 N–H and O–H groups in total. The van der Waals surface area contributed by atoms with E-state index in [0.29, 0.717) is 33.5 Å². The minimum atomic E-state index is -4.82. The summed E-state index contributed by atoms with van der Waals surface area (Å²) in [5.74, 6) is -1.07. The van der Waals surface area contributed by atoms with E-state index < -0.39 is 24.0 Å². The number of halogens is 4. The van der Waals surface area contributed by atoms with Crippen molar-refractivity contribution in [2.24, 2.45) is 0 Å². The number of benzene rings is 2. The predicted octanol–water partition coefficient (Wildman–Crippen LogP) is 6.50. The molecule has 0 unspecified atom stereocenters. The van der Waals surface area contributed by atoms with Gasteiger partial charge in [-0.15, -0.1) is 24.5 Å². The number of carbonyl (C=O) groups excluding carboxylic acids is 1. The molecule has 0 radical (unpaired) electrons. The fraction of sp³-hybridized carbons (Fsp3) is 0.0870. The van der Waals surface area contributed by atoms with Crippen molar-refractivity contribution in [2.45, 2.75) is 12.8 Å². The third-order valence-corrected chi connectivity index (χ3v) is 5.72. The van der Waals surface area contributed by atoms with Crippen LogP contribution in [0, 0.1) is 0 Å². The summed E-state index contributed by atoms with van der Waals surface area (Å²) in [5, 5.41) is 13.9. The predicted molar refractivity (Wildman–Crippen MR) is 123 cm³/mol. The summed E-state index contributed by atoms with van der Waals surface area (Å²) in [6, 6.07) is 12.6. The Morgan fingerprint density at radius 2 is 1.80 bits per heavy atom. The van der Waals surface area contributed by atoms with Gasteiger partial charge in [0.05, 0.1) is 11.4 Å². The lowest BCUT2D eigenvalue weighted by molar-refractivity contribution is -0.274. The zero-order chi connectivity index (χ0) is 25.2. The van der Waals surface area contributed by atoms with Crippen LogP contribution >= 0.6 is 22.9 Å². The zero-order valence-electron chi connectivity index (χ0n) is 17.4. The molecule has 2 aromatic heterocycles. The Labute approximate surface area is 204 Å². The average molecular weight is 523 g/mol. The lowest BCUT2D eigenvalue weighted by Gasteiger charge is -2.10. The van der Waals surface area contributed by atoms with Crippen LogP contribution in [0.15, 0.2) is 64.4 Å². The summed E-state index contributed by atoms with van der Waals surface area (Å²) in [6.45, 7) is 0. The van der Waals surface area contributed by atoms with E-state index >= 15 is 0 Å². The number of aliphatic carboxylic acids is 1. The lowest BCUT2D eigenvalue weighted by Crippen LogP contribution is -2.17. The Morgan fingerprint density at radius 1 is 1.09 bits per heavy atom. The molecule has 4 aromatic rings. The number of hydrogen-bond acceptors (Lipinski definition) is 6. The highest BCUT2D eigenvalue weighted by Gasteiger charge is 2.31. The number of carboxylic acid groups (broad SMARTS) is 1. The largest absolute Gasteiger partial charge is 0.573 e. The van der Waals surface area contributed by atoms with Crippen LogP contribution in [0.2, 0.25) is 5.02 Å². The number of anilines is 1. The first-order chi connectivity index (χ1) is 16.6.